The topological polar surface area (TPSA) is 49.4 Å². The Morgan fingerprint density at radius 1 is 0.833 bits per heavy atom. The lowest BCUT2D eigenvalue weighted by Crippen LogP contribution is -2.49. The molecule has 0 aliphatic rings. The van der Waals surface area contributed by atoms with Gasteiger partial charge in [0, 0.05) is 31.5 Å². The molecule has 30 heavy (non-hydrogen) atoms. The van der Waals surface area contributed by atoms with Crippen molar-refractivity contribution >= 4 is 23.4 Å². The van der Waals surface area contributed by atoms with Crippen LogP contribution < -0.4 is 5.32 Å². The fourth-order valence-electron chi connectivity index (χ4n) is 3.31. The van der Waals surface area contributed by atoms with Crippen molar-refractivity contribution in [2.75, 3.05) is 0 Å². The molecule has 0 aliphatic carbocycles. The number of hydrogen-bond donors (Lipinski definition) is 1. The Labute approximate surface area is 182 Å². The molecule has 0 bridgehead atoms. The predicted octanol–water partition coefficient (Wildman–Crippen LogP) is 4.62. The second-order valence-electron chi connectivity index (χ2n) is 7.18. The molecule has 154 valence electrons. The van der Waals surface area contributed by atoms with Gasteiger partial charge in [-0.2, -0.15) is 0 Å². The summed E-state index contributed by atoms with van der Waals surface area (Å²) in [6.07, 6.45) is 0.444. The molecule has 4 nitrogen and oxygen atoms in total. The largest absolute Gasteiger partial charge is 0.350 e. The lowest BCUT2D eigenvalue weighted by Gasteiger charge is -2.30. The first kappa shape index (κ1) is 21.6. The fraction of sp³-hybridized carbons (Fsp3) is 0.200. The molecular formula is C25H25ClN2O2. The van der Waals surface area contributed by atoms with Crippen LogP contribution in [-0.2, 0) is 29.1 Å². The van der Waals surface area contributed by atoms with Crippen LogP contribution in [0.15, 0.2) is 84.9 Å². The van der Waals surface area contributed by atoms with Crippen molar-refractivity contribution in [3.05, 3.63) is 107 Å². The second kappa shape index (κ2) is 10.6. The standard InChI is InChI=1S/C25H25ClN2O2/c1-19(29)28(18-22-10-6-3-7-11-22)24(16-20-8-4-2-5-9-20)25(30)27-17-21-12-14-23(26)15-13-21/h2-15,24H,16-18H2,1H3,(H,27,30)/t24-/m0/s1. The third-order valence-corrected chi connectivity index (χ3v) is 5.18. The average molecular weight is 421 g/mol. The molecule has 0 saturated heterocycles. The summed E-state index contributed by atoms with van der Waals surface area (Å²) in [6, 6.07) is 26.2. The van der Waals surface area contributed by atoms with Crippen molar-refractivity contribution in [3.63, 3.8) is 0 Å². The molecule has 3 aromatic carbocycles. The number of rotatable bonds is 8. The number of nitrogens with zero attached hydrogens (tertiary/aromatic N) is 1. The number of nitrogens with one attached hydrogen (secondary N) is 1. The van der Waals surface area contributed by atoms with Gasteiger partial charge in [0.15, 0.2) is 0 Å². The van der Waals surface area contributed by atoms with Crippen molar-refractivity contribution in [2.24, 2.45) is 0 Å². The Kier molecular flexibility index (Phi) is 7.63. The van der Waals surface area contributed by atoms with Gasteiger partial charge in [0.05, 0.1) is 0 Å². The van der Waals surface area contributed by atoms with Crippen LogP contribution in [0.1, 0.15) is 23.6 Å². The number of halogens is 1. The van der Waals surface area contributed by atoms with Gasteiger partial charge < -0.3 is 10.2 Å². The summed E-state index contributed by atoms with van der Waals surface area (Å²) in [5.41, 5.74) is 2.93. The predicted molar refractivity (Wildman–Crippen MR) is 120 cm³/mol. The minimum atomic E-state index is -0.614. The number of amides is 2. The van der Waals surface area contributed by atoms with Crippen LogP contribution >= 0.6 is 11.6 Å². The van der Waals surface area contributed by atoms with Gasteiger partial charge in [-0.25, -0.2) is 0 Å². The number of carbonyl (C=O) groups excluding carboxylic acids is 2. The summed E-state index contributed by atoms with van der Waals surface area (Å²) < 4.78 is 0. The minimum Gasteiger partial charge on any atom is -0.350 e. The SMILES string of the molecule is CC(=O)N(Cc1ccccc1)[C@@H](Cc1ccccc1)C(=O)NCc1ccc(Cl)cc1. The second-order valence-corrected chi connectivity index (χ2v) is 7.62. The smallest absolute Gasteiger partial charge is 0.243 e. The van der Waals surface area contributed by atoms with Gasteiger partial charge >= 0.3 is 0 Å². The summed E-state index contributed by atoms with van der Waals surface area (Å²) in [6.45, 7) is 2.26. The first-order valence-corrected chi connectivity index (χ1v) is 10.3. The quantitative estimate of drug-likeness (QED) is 0.578. The van der Waals surface area contributed by atoms with Crippen LogP contribution in [0.4, 0.5) is 0 Å². The van der Waals surface area contributed by atoms with E-state index in [-0.39, 0.29) is 11.8 Å². The van der Waals surface area contributed by atoms with Gasteiger partial charge in [0.25, 0.3) is 0 Å². The van der Waals surface area contributed by atoms with E-state index in [1.165, 1.54) is 6.92 Å². The molecule has 0 heterocycles. The Morgan fingerprint density at radius 3 is 1.97 bits per heavy atom. The van der Waals surface area contributed by atoms with Crippen LogP contribution in [-0.4, -0.2) is 22.8 Å². The Balaban J connectivity index is 1.80. The molecule has 0 spiro atoms. The highest BCUT2D eigenvalue weighted by molar-refractivity contribution is 6.30. The van der Waals surface area contributed by atoms with Gasteiger partial charge in [0.2, 0.25) is 11.8 Å². The number of carbonyl (C=O) groups is 2. The van der Waals surface area contributed by atoms with Gasteiger partial charge in [0.1, 0.15) is 6.04 Å². The van der Waals surface area contributed by atoms with E-state index >= 15 is 0 Å². The molecule has 0 unspecified atom stereocenters. The van der Waals surface area contributed by atoms with Crippen molar-refractivity contribution in [3.8, 4) is 0 Å². The van der Waals surface area contributed by atoms with Crippen LogP contribution in [0, 0.1) is 0 Å². The summed E-state index contributed by atoms with van der Waals surface area (Å²) in [5.74, 6) is -0.318. The van der Waals surface area contributed by atoms with Crippen LogP contribution in [0.2, 0.25) is 5.02 Å². The van der Waals surface area contributed by atoms with E-state index in [1.54, 1.807) is 17.0 Å². The molecule has 1 N–H and O–H groups in total. The summed E-state index contributed by atoms with van der Waals surface area (Å²) in [5, 5.41) is 3.63. The van der Waals surface area contributed by atoms with Gasteiger partial charge in [-0.15, -0.1) is 0 Å². The molecule has 3 rings (SSSR count). The van der Waals surface area contributed by atoms with Crippen molar-refractivity contribution in [1.82, 2.24) is 10.2 Å². The molecule has 0 saturated carbocycles. The summed E-state index contributed by atoms with van der Waals surface area (Å²) in [7, 11) is 0. The first-order valence-electron chi connectivity index (χ1n) is 9.90. The highest BCUT2D eigenvalue weighted by Crippen LogP contribution is 2.15. The van der Waals surface area contributed by atoms with E-state index in [9.17, 15) is 9.59 Å². The van der Waals surface area contributed by atoms with Crippen molar-refractivity contribution < 1.29 is 9.59 Å². The van der Waals surface area contributed by atoms with Crippen LogP contribution in [0.5, 0.6) is 0 Å². The van der Waals surface area contributed by atoms with Crippen LogP contribution in [0.3, 0.4) is 0 Å². The Morgan fingerprint density at radius 2 is 1.40 bits per heavy atom. The lowest BCUT2D eigenvalue weighted by atomic mass is 10.0. The van der Waals surface area contributed by atoms with Crippen molar-refractivity contribution in [2.45, 2.75) is 32.5 Å². The van der Waals surface area contributed by atoms with E-state index in [4.69, 9.17) is 11.6 Å². The zero-order chi connectivity index (χ0) is 21.3. The Bertz CT molecular complexity index is 959. The Hall–Kier alpha value is -3.11. The van der Waals surface area contributed by atoms with Gasteiger partial charge in [-0.3, -0.25) is 9.59 Å². The molecule has 0 aromatic heterocycles. The normalized spacial score (nSPS) is 11.5. The van der Waals surface area contributed by atoms with E-state index in [1.807, 2.05) is 72.8 Å². The number of benzene rings is 3. The maximum atomic E-state index is 13.2. The molecule has 5 heteroatoms. The molecular weight excluding hydrogens is 396 g/mol. The van der Waals surface area contributed by atoms with Gasteiger partial charge in [-0.1, -0.05) is 84.4 Å². The zero-order valence-electron chi connectivity index (χ0n) is 16.9. The molecule has 0 aliphatic heterocycles. The molecule has 2 amide bonds. The zero-order valence-corrected chi connectivity index (χ0v) is 17.7. The average Bonchev–Trinajstić information content (AvgIpc) is 2.77. The highest BCUT2D eigenvalue weighted by Gasteiger charge is 2.28. The minimum absolute atomic E-state index is 0.138. The molecule has 0 radical (unpaired) electrons. The third kappa shape index (κ3) is 6.19. The first-order chi connectivity index (χ1) is 14.5. The lowest BCUT2D eigenvalue weighted by molar-refractivity contribution is -0.139. The van der Waals surface area contributed by atoms with E-state index in [0.717, 1.165) is 16.7 Å². The van der Waals surface area contributed by atoms with Crippen molar-refractivity contribution in [1.29, 1.82) is 0 Å². The molecule has 3 aromatic rings. The maximum Gasteiger partial charge on any atom is 0.243 e. The molecule has 0 fully saturated rings. The maximum absolute atomic E-state index is 13.2. The van der Waals surface area contributed by atoms with E-state index in [2.05, 4.69) is 5.32 Å². The fourth-order valence-corrected chi connectivity index (χ4v) is 3.44. The third-order valence-electron chi connectivity index (χ3n) is 4.93. The summed E-state index contributed by atoms with van der Waals surface area (Å²) >= 11 is 5.94. The molecule has 1 atom stereocenters. The monoisotopic (exact) mass is 420 g/mol. The number of hydrogen-bond acceptors (Lipinski definition) is 2. The van der Waals surface area contributed by atoms with E-state index in [0.29, 0.717) is 24.5 Å². The van der Waals surface area contributed by atoms with E-state index < -0.39 is 6.04 Å². The van der Waals surface area contributed by atoms with Crippen LogP contribution in [0.25, 0.3) is 0 Å². The summed E-state index contributed by atoms with van der Waals surface area (Å²) in [4.78, 5) is 27.4. The van der Waals surface area contributed by atoms with Gasteiger partial charge in [-0.05, 0) is 28.8 Å². The highest BCUT2D eigenvalue weighted by atomic mass is 35.5.